The summed E-state index contributed by atoms with van der Waals surface area (Å²) < 4.78 is 0. The van der Waals surface area contributed by atoms with Gasteiger partial charge < -0.3 is 0 Å². The monoisotopic (exact) mass is 324 g/mol. The Balaban J connectivity index is 2.88. The van der Waals surface area contributed by atoms with Gasteiger partial charge in [0.05, 0.1) is 0 Å². The van der Waals surface area contributed by atoms with Crippen molar-refractivity contribution in [1.29, 1.82) is 0 Å². The zero-order chi connectivity index (χ0) is 14.0. The predicted octanol–water partition coefficient (Wildman–Crippen LogP) is 6.30. The van der Waals surface area contributed by atoms with Crippen molar-refractivity contribution in [3.05, 3.63) is 0 Å². The number of hydrogen-bond donors (Lipinski definition) is 0. The molecule has 0 aliphatic carbocycles. The van der Waals surface area contributed by atoms with E-state index < -0.39 is 0 Å². The summed E-state index contributed by atoms with van der Waals surface area (Å²) in [6.07, 6.45) is 23.8. The molecule has 0 bridgehead atoms. The molecular weight excluding hydrogens is 286 g/mol. The van der Waals surface area contributed by atoms with E-state index in [2.05, 4.69) is 6.92 Å². The SMILES string of the molecule is CCCCCCCCCCCCCCCCC[CH2][GaH2]. The molecule has 0 atom stereocenters. The van der Waals surface area contributed by atoms with Gasteiger partial charge in [0.25, 0.3) is 0 Å². The van der Waals surface area contributed by atoms with E-state index >= 15 is 0 Å². The van der Waals surface area contributed by atoms with E-state index in [9.17, 15) is 0 Å². The van der Waals surface area contributed by atoms with Gasteiger partial charge in [-0.05, 0) is 0 Å². The molecule has 0 unspecified atom stereocenters. The molecule has 0 saturated carbocycles. The predicted molar refractivity (Wildman–Crippen MR) is 92.9 cm³/mol. The summed E-state index contributed by atoms with van der Waals surface area (Å²) >= 11 is 1.10. The molecule has 0 heterocycles. The Morgan fingerprint density at radius 3 is 0.947 bits per heavy atom. The molecule has 0 radical (unpaired) electrons. The minimum absolute atomic E-state index is 1.10. The van der Waals surface area contributed by atoms with Crippen molar-refractivity contribution in [3.63, 3.8) is 0 Å². The standard InChI is InChI=1S/C18H37.Ga.2H/c1-3-5-7-9-11-13-15-17-18-16-14-12-10-8-6-4-2;;;/h1,3-18H2,2H3;;;. The van der Waals surface area contributed by atoms with E-state index in [1.165, 1.54) is 103 Å². The van der Waals surface area contributed by atoms with Crippen LogP contribution in [0.2, 0.25) is 4.98 Å². The Bertz CT molecular complexity index is 129. The van der Waals surface area contributed by atoms with E-state index in [1.807, 2.05) is 0 Å². The van der Waals surface area contributed by atoms with E-state index in [0.717, 1.165) is 18.6 Å². The first-order valence-corrected chi connectivity index (χ1v) is 12.4. The van der Waals surface area contributed by atoms with Gasteiger partial charge in [0.15, 0.2) is 0 Å². The Kier molecular flexibility index (Phi) is 19.3. The number of unbranched alkanes of at least 4 members (excludes halogenated alkanes) is 15. The Hall–Kier alpha value is 0.636. The molecule has 0 aromatic heterocycles. The molecule has 0 spiro atoms. The normalized spacial score (nSPS) is 11.0. The van der Waals surface area contributed by atoms with Gasteiger partial charge in [-0.3, -0.25) is 0 Å². The summed E-state index contributed by atoms with van der Waals surface area (Å²) in [4.78, 5) is 1.56. The number of rotatable bonds is 16. The van der Waals surface area contributed by atoms with Gasteiger partial charge >= 0.3 is 94.2 Å². The van der Waals surface area contributed by atoms with Crippen LogP contribution in [0.15, 0.2) is 0 Å². The van der Waals surface area contributed by atoms with E-state index in [-0.39, 0.29) is 0 Å². The summed E-state index contributed by atoms with van der Waals surface area (Å²) in [6, 6.07) is 0. The quantitative estimate of drug-likeness (QED) is 0.231. The third kappa shape index (κ3) is 18.6. The second-order valence-electron chi connectivity index (χ2n) is 6.30. The van der Waals surface area contributed by atoms with Crippen LogP contribution < -0.4 is 0 Å². The van der Waals surface area contributed by atoms with Crippen LogP contribution >= 0.6 is 0 Å². The Morgan fingerprint density at radius 2 is 0.684 bits per heavy atom. The summed E-state index contributed by atoms with van der Waals surface area (Å²) in [5, 5.41) is 0. The molecule has 0 aliphatic heterocycles. The third-order valence-corrected chi connectivity index (χ3v) is 5.69. The second-order valence-corrected chi connectivity index (χ2v) is 8.40. The summed E-state index contributed by atoms with van der Waals surface area (Å²) in [5.74, 6) is 0. The van der Waals surface area contributed by atoms with Crippen molar-refractivity contribution in [2.75, 3.05) is 0 Å². The maximum atomic E-state index is 2.30. The fourth-order valence-corrected chi connectivity index (χ4v) is 3.85. The van der Waals surface area contributed by atoms with E-state index in [1.54, 1.807) is 4.98 Å². The first-order chi connectivity index (χ1) is 9.41. The molecule has 0 saturated heterocycles. The Morgan fingerprint density at radius 1 is 0.421 bits per heavy atom. The molecule has 0 amide bonds. The van der Waals surface area contributed by atoms with Crippen LogP contribution in [0, 0.1) is 0 Å². The average molecular weight is 325 g/mol. The molecule has 1 heteroatoms. The van der Waals surface area contributed by atoms with E-state index in [4.69, 9.17) is 0 Å². The van der Waals surface area contributed by atoms with Crippen LogP contribution in [0.5, 0.6) is 0 Å². The van der Waals surface area contributed by atoms with E-state index in [0.29, 0.717) is 0 Å². The van der Waals surface area contributed by atoms with Gasteiger partial charge in [-0.2, -0.15) is 0 Å². The molecule has 0 aliphatic rings. The van der Waals surface area contributed by atoms with Gasteiger partial charge in [0.1, 0.15) is 0 Å². The zero-order valence-corrected chi connectivity index (χ0v) is 18.2. The summed E-state index contributed by atoms with van der Waals surface area (Å²) in [5.41, 5.74) is 0. The molecule has 0 nitrogen and oxygen atoms in total. The molecule has 0 aromatic carbocycles. The van der Waals surface area contributed by atoms with Crippen LogP contribution in [-0.2, 0) is 0 Å². The maximum absolute atomic E-state index is 2.30. The molecule has 19 heavy (non-hydrogen) atoms. The average Bonchev–Trinajstić information content (AvgIpc) is 2.43. The molecular formula is C18H39Ga. The van der Waals surface area contributed by atoms with Crippen LogP contribution in [0.25, 0.3) is 0 Å². The van der Waals surface area contributed by atoms with Crippen LogP contribution in [0.1, 0.15) is 110 Å². The van der Waals surface area contributed by atoms with Gasteiger partial charge in [-0.15, -0.1) is 0 Å². The summed E-state index contributed by atoms with van der Waals surface area (Å²) in [7, 11) is 0. The van der Waals surface area contributed by atoms with Crippen molar-refractivity contribution < 1.29 is 0 Å². The van der Waals surface area contributed by atoms with Crippen LogP contribution in [0.4, 0.5) is 0 Å². The van der Waals surface area contributed by atoms with Crippen molar-refractivity contribution in [1.82, 2.24) is 0 Å². The van der Waals surface area contributed by atoms with Crippen molar-refractivity contribution in [3.8, 4) is 0 Å². The zero-order valence-electron chi connectivity index (χ0n) is 14.0. The number of hydrogen-bond acceptors (Lipinski definition) is 0. The summed E-state index contributed by atoms with van der Waals surface area (Å²) in [6.45, 7) is 2.30. The molecule has 0 fully saturated rings. The van der Waals surface area contributed by atoms with Crippen LogP contribution in [-0.4, -0.2) is 18.6 Å². The molecule has 114 valence electrons. The van der Waals surface area contributed by atoms with Crippen LogP contribution in [0.3, 0.4) is 0 Å². The van der Waals surface area contributed by atoms with Crippen molar-refractivity contribution >= 4 is 18.6 Å². The molecule has 0 N–H and O–H groups in total. The molecule has 0 rings (SSSR count). The minimum atomic E-state index is 1.10. The van der Waals surface area contributed by atoms with Gasteiger partial charge in [0, 0.05) is 0 Å². The fourth-order valence-electron chi connectivity index (χ4n) is 2.80. The fraction of sp³-hybridized carbons (Fsp3) is 1.00. The molecule has 0 aromatic rings. The van der Waals surface area contributed by atoms with Gasteiger partial charge in [-0.25, -0.2) is 0 Å². The van der Waals surface area contributed by atoms with Gasteiger partial charge in [0.2, 0.25) is 0 Å². The first-order valence-electron chi connectivity index (χ1n) is 9.41. The second kappa shape index (κ2) is 18.6. The van der Waals surface area contributed by atoms with Crippen molar-refractivity contribution in [2.45, 2.75) is 115 Å². The van der Waals surface area contributed by atoms with Crippen molar-refractivity contribution in [2.24, 2.45) is 0 Å². The van der Waals surface area contributed by atoms with Gasteiger partial charge in [-0.1, -0.05) is 39.0 Å². The third-order valence-electron chi connectivity index (χ3n) is 4.21. The first kappa shape index (κ1) is 19.6. The topological polar surface area (TPSA) is 0 Å². The Labute approximate surface area is 133 Å².